The van der Waals surface area contributed by atoms with E-state index in [4.69, 9.17) is 5.73 Å². The Morgan fingerprint density at radius 2 is 1.78 bits per heavy atom. The molecule has 18 heavy (non-hydrogen) atoms. The highest BCUT2D eigenvalue weighted by atomic mass is 15.2. The van der Waals surface area contributed by atoms with E-state index in [-0.39, 0.29) is 0 Å². The van der Waals surface area contributed by atoms with Gasteiger partial charge in [-0.1, -0.05) is 27.2 Å². The highest BCUT2D eigenvalue weighted by Gasteiger charge is 2.34. The summed E-state index contributed by atoms with van der Waals surface area (Å²) in [7, 11) is 0. The van der Waals surface area contributed by atoms with Crippen molar-refractivity contribution in [3.05, 3.63) is 0 Å². The summed E-state index contributed by atoms with van der Waals surface area (Å²) in [5.41, 5.74) is 5.99. The molecule has 0 spiro atoms. The standard InChI is InChI=1S/C16H32N2/c1-12(2)14-6-8-18(9-7-14)16-10-13(3)4-5-15(16)11-17/h12-16H,4-11,17H2,1-3H3. The van der Waals surface area contributed by atoms with Crippen molar-refractivity contribution in [2.45, 2.75) is 58.9 Å². The Balaban J connectivity index is 1.90. The molecular formula is C16H32N2. The number of likely N-dealkylation sites (tertiary alicyclic amines) is 1. The van der Waals surface area contributed by atoms with Crippen LogP contribution >= 0.6 is 0 Å². The van der Waals surface area contributed by atoms with Gasteiger partial charge < -0.3 is 10.6 Å². The van der Waals surface area contributed by atoms with E-state index in [1.54, 1.807) is 0 Å². The Kier molecular flexibility index (Phi) is 5.08. The van der Waals surface area contributed by atoms with Crippen LogP contribution < -0.4 is 5.73 Å². The first-order valence-corrected chi connectivity index (χ1v) is 8.06. The summed E-state index contributed by atoms with van der Waals surface area (Å²) in [6.45, 7) is 10.7. The molecule has 0 bridgehead atoms. The highest BCUT2D eigenvalue weighted by Crippen LogP contribution is 2.34. The van der Waals surface area contributed by atoms with Gasteiger partial charge >= 0.3 is 0 Å². The van der Waals surface area contributed by atoms with Gasteiger partial charge in [-0.15, -0.1) is 0 Å². The zero-order valence-electron chi connectivity index (χ0n) is 12.6. The summed E-state index contributed by atoms with van der Waals surface area (Å²) in [5, 5.41) is 0. The summed E-state index contributed by atoms with van der Waals surface area (Å²) in [6.07, 6.45) is 6.93. The first kappa shape index (κ1) is 14.3. The molecule has 3 atom stereocenters. The van der Waals surface area contributed by atoms with Crippen LogP contribution in [-0.2, 0) is 0 Å². The van der Waals surface area contributed by atoms with Gasteiger partial charge in [-0.05, 0) is 69.0 Å². The van der Waals surface area contributed by atoms with Crippen LogP contribution in [0.5, 0.6) is 0 Å². The SMILES string of the molecule is CC1CCC(CN)C(N2CCC(C(C)C)CC2)C1. The minimum atomic E-state index is 0.761. The third kappa shape index (κ3) is 3.27. The van der Waals surface area contributed by atoms with E-state index in [9.17, 15) is 0 Å². The molecule has 1 saturated heterocycles. The van der Waals surface area contributed by atoms with Crippen molar-refractivity contribution in [2.75, 3.05) is 19.6 Å². The molecule has 0 radical (unpaired) electrons. The van der Waals surface area contributed by atoms with Crippen LogP contribution in [0, 0.1) is 23.7 Å². The third-order valence-corrected chi connectivity index (χ3v) is 5.51. The molecule has 2 rings (SSSR count). The van der Waals surface area contributed by atoms with Crippen LogP contribution in [0.1, 0.15) is 52.9 Å². The Bertz CT molecular complexity index is 243. The van der Waals surface area contributed by atoms with E-state index < -0.39 is 0 Å². The zero-order chi connectivity index (χ0) is 13.1. The fourth-order valence-electron chi connectivity index (χ4n) is 4.05. The van der Waals surface area contributed by atoms with Crippen molar-refractivity contribution in [1.29, 1.82) is 0 Å². The summed E-state index contributed by atoms with van der Waals surface area (Å²) in [4.78, 5) is 2.77. The van der Waals surface area contributed by atoms with Crippen LogP contribution in [0.25, 0.3) is 0 Å². The lowest BCUT2D eigenvalue weighted by Gasteiger charge is -2.45. The number of piperidine rings is 1. The Morgan fingerprint density at radius 1 is 1.11 bits per heavy atom. The molecule has 2 fully saturated rings. The summed E-state index contributed by atoms with van der Waals surface area (Å²) in [5.74, 6) is 3.48. The van der Waals surface area contributed by atoms with Gasteiger partial charge in [-0.2, -0.15) is 0 Å². The molecule has 2 nitrogen and oxygen atoms in total. The first-order valence-electron chi connectivity index (χ1n) is 8.06. The number of nitrogens with two attached hydrogens (primary N) is 1. The first-order chi connectivity index (χ1) is 8.61. The van der Waals surface area contributed by atoms with Gasteiger partial charge in [0.05, 0.1) is 0 Å². The van der Waals surface area contributed by atoms with Crippen molar-refractivity contribution in [3.8, 4) is 0 Å². The number of hydrogen-bond acceptors (Lipinski definition) is 2. The van der Waals surface area contributed by atoms with Crippen molar-refractivity contribution < 1.29 is 0 Å². The smallest absolute Gasteiger partial charge is 0.0138 e. The molecule has 0 amide bonds. The Labute approximate surface area is 113 Å². The second-order valence-electron chi connectivity index (χ2n) is 7.10. The maximum atomic E-state index is 5.99. The van der Waals surface area contributed by atoms with Gasteiger partial charge in [0, 0.05) is 6.04 Å². The fraction of sp³-hybridized carbons (Fsp3) is 1.00. The molecule has 2 N–H and O–H groups in total. The summed E-state index contributed by atoms with van der Waals surface area (Å²) >= 11 is 0. The number of hydrogen-bond donors (Lipinski definition) is 1. The van der Waals surface area contributed by atoms with E-state index >= 15 is 0 Å². The molecule has 0 aromatic rings. The lowest BCUT2D eigenvalue weighted by atomic mass is 9.77. The topological polar surface area (TPSA) is 29.3 Å². The second-order valence-corrected chi connectivity index (χ2v) is 7.10. The van der Waals surface area contributed by atoms with Crippen LogP contribution in [0.15, 0.2) is 0 Å². The van der Waals surface area contributed by atoms with Crippen LogP contribution in [0.3, 0.4) is 0 Å². The van der Waals surface area contributed by atoms with E-state index in [2.05, 4.69) is 25.7 Å². The molecule has 1 heterocycles. The van der Waals surface area contributed by atoms with Gasteiger partial charge in [0.2, 0.25) is 0 Å². The lowest BCUT2D eigenvalue weighted by molar-refractivity contribution is 0.0483. The highest BCUT2D eigenvalue weighted by molar-refractivity contribution is 4.88. The largest absolute Gasteiger partial charge is 0.330 e. The van der Waals surface area contributed by atoms with Gasteiger partial charge in [0.25, 0.3) is 0 Å². The van der Waals surface area contributed by atoms with Crippen molar-refractivity contribution in [1.82, 2.24) is 4.90 Å². The molecule has 2 aliphatic rings. The third-order valence-electron chi connectivity index (χ3n) is 5.51. The monoisotopic (exact) mass is 252 g/mol. The number of nitrogens with zero attached hydrogens (tertiary/aromatic N) is 1. The van der Waals surface area contributed by atoms with Gasteiger partial charge in [0.1, 0.15) is 0 Å². The predicted molar refractivity (Wildman–Crippen MR) is 78.5 cm³/mol. The molecule has 1 aliphatic heterocycles. The van der Waals surface area contributed by atoms with Gasteiger partial charge in [0.15, 0.2) is 0 Å². The zero-order valence-corrected chi connectivity index (χ0v) is 12.6. The Morgan fingerprint density at radius 3 is 2.33 bits per heavy atom. The van der Waals surface area contributed by atoms with E-state index in [0.717, 1.165) is 36.3 Å². The van der Waals surface area contributed by atoms with Gasteiger partial charge in [-0.25, -0.2) is 0 Å². The minimum absolute atomic E-state index is 0.761. The summed E-state index contributed by atoms with van der Waals surface area (Å²) in [6, 6.07) is 0.784. The Hall–Kier alpha value is -0.0800. The fourth-order valence-corrected chi connectivity index (χ4v) is 4.05. The van der Waals surface area contributed by atoms with E-state index in [0.29, 0.717) is 0 Å². The number of rotatable bonds is 3. The van der Waals surface area contributed by atoms with Crippen LogP contribution in [0.4, 0.5) is 0 Å². The lowest BCUT2D eigenvalue weighted by Crippen LogP contribution is -2.49. The van der Waals surface area contributed by atoms with Crippen molar-refractivity contribution >= 4 is 0 Å². The normalized spacial score (nSPS) is 36.2. The molecule has 0 aromatic carbocycles. The van der Waals surface area contributed by atoms with Crippen LogP contribution in [0.2, 0.25) is 0 Å². The molecule has 2 heteroatoms. The van der Waals surface area contributed by atoms with Crippen LogP contribution in [-0.4, -0.2) is 30.6 Å². The average Bonchev–Trinajstić information content (AvgIpc) is 2.39. The molecule has 106 valence electrons. The maximum absolute atomic E-state index is 5.99. The van der Waals surface area contributed by atoms with Crippen molar-refractivity contribution in [2.24, 2.45) is 29.4 Å². The van der Waals surface area contributed by atoms with Gasteiger partial charge in [-0.3, -0.25) is 0 Å². The maximum Gasteiger partial charge on any atom is 0.0138 e. The van der Waals surface area contributed by atoms with Crippen molar-refractivity contribution in [3.63, 3.8) is 0 Å². The summed E-state index contributed by atoms with van der Waals surface area (Å²) < 4.78 is 0. The molecule has 3 unspecified atom stereocenters. The predicted octanol–water partition coefficient (Wildman–Crippen LogP) is 3.12. The second kappa shape index (κ2) is 6.38. The van der Waals surface area contributed by atoms with E-state index in [1.807, 2.05) is 0 Å². The molecule has 1 aliphatic carbocycles. The minimum Gasteiger partial charge on any atom is -0.330 e. The molecule has 0 aromatic heterocycles. The van der Waals surface area contributed by atoms with E-state index in [1.165, 1.54) is 45.2 Å². The quantitative estimate of drug-likeness (QED) is 0.836. The molecular weight excluding hydrogens is 220 g/mol. The molecule has 1 saturated carbocycles. The average molecular weight is 252 g/mol.